The summed E-state index contributed by atoms with van der Waals surface area (Å²) in [6.45, 7) is 0. The average Bonchev–Trinajstić information content (AvgIpc) is 2.50. The van der Waals surface area contributed by atoms with E-state index in [9.17, 15) is 0 Å². The van der Waals surface area contributed by atoms with Crippen molar-refractivity contribution >= 4 is 39.0 Å². The van der Waals surface area contributed by atoms with E-state index < -0.39 is 0 Å². The molecule has 0 unspecified atom stereocenters. The molecule has 11 heavy (non-hydrogen) atoms. The third kappa shape index (κ3) is 4.13. The van der Waals surface area contributed by atoms with Crippen LogP contribution in [0.5, 0.6) is 0 Å². The molecule has 1 rings (SSSR count). The third-order valence-electron chi connectivity index (χ3n) is 1.16. The van der Waals surface area contributed by atoms with E-state index >= 15 is 0 Å². The highest BCUT2D eigenvalue weighted by Crippen LogP contribution is 2.21. The highest BCUT2D eigenvalue weighted by molar-refractivity contribution is 9.09. The van der Waals surface area contributed by atoms with Gasteiger partial charge in [0.25, 0.3) is 0 Å². The van der Waals surface area contributed by atoms with E-state index in [1.54, 1.807) is 11.3 Å². The molecule has 4 heteroatoms. The summed E-state index contributed by atoms with van der Waals surface area (Å²) in [6.07, 6.45) is 4.39. The smallest absolute Gasteiger partial charge is 0.149 e. The monoisotopic (exact) mass is 251 g/mol. The van der Waals surface area contributed by atoms with Crippen LogP contribution in [-0.4, -0.2) is 16.1 Å². The maximum atomic E-state index is 4.18. The predicted octanol–water partition coefficient (Wildman–Crippen LogP) is 3.41. The maximum Gasteiger partial charge on any atom is 0.149 e. The van der Waals surface area contributed by atoms with Gasteiger partial charge >= 0.3 is 0 Å². The van der Waals surface area contributed by atoms with E-state index in [0.717, 1.165) is 5.33 Å². The van der Waals surface area contributed by atoms with Gasteiger partial charge < -0.3 is 0 Å². The van der Waals surface area contributed by atoms with Crippen molar-refractivity contribution in [1.82, 2.24) is 4.98 Å². The van der Waals surface area contributed by atoms with Crippen molar-refractivity contribution in [2.45, 2.75) is 17.2 Å². The first-order chi connectivity index (χ1) is 5.43. The number of aromatic nitrogens is 1. The zero-order chi connectivity index (χ0) is 7.94. The minimum Gasteiger partial charge on any atom is -0.238 e. The van der Waals surface area contributed by atoms with Gasteiger partial charge in [-0.2, -0.15) is 0 Å². The second-order valence-corrected chi connectivity index (χ2v) is 5.07. The minimum atomic E-state index is 1.12. The first-order valence-corrected chi connectivity index (χ1v) is 6.50. The van der Waals surface area contributed by atoms with Crippen LogP contribution >= 0.6 is 39.0 Å². The van der Waals surface area contributed by atoms with Crippen molar-refractivity contribution < 1.29 is 0 Å². The summed E-state index contributed by atoms with van der Waals surface area (Å²) < 4.78 is 1.19. The molecule has 0 aliphatic rings. The van der Waals surface area contributed by atoms with Crippen molar-refractivity contribution in [2.75, 3.05) is 11.1 Å². The summed E-state index contributed by atoms with van der Waals surface area (Å²) in [5.41, 5.74) is 0. The van der Waals surface area contributed by atoms with Crippen LogP contribution in [0.2, 0.25) is 0 Å². The number of alkyl halides is 1. The number of thioether (sulfide) groups is 1. The summed E-state index contributed by atoms with van der Waals surface area (Å²) in [4.78, 5) is 4.18. The summed E-state index contributed by atoms with van der Waals surface area (Å²) in [6, 6.07) is 0. The van der Waals surface area contributed by atoms with Crippen LogP contribution < -0.4 is 0 Å². The third-order valence-corrected chi connectivity index (χ3v) is 3.78. The highest BCUT2D eigenvalue weighted by atomic mass is 79.9. The molecule has 0 radical (unpaired) electrons. The fraction of sp³-hybridized carbons (Fsp3) is 0.571. The fourth-order valence-electron chi connectivity index (χ4n) is 0.638. The van der Waals surface area contributed by atoms with Gasteiger partial charge in [0, 0.05) is 22.7 Å². The molecule has 62 valence electrons. The summed E-state index contributed by atoms with van der Waals surface area (Å²) in [5, 5.41) is 3.14. The summed E-state index contributed by atoms with van der Waals surface area (Å²) >= 11 is 6.98. The number of thiazole rings is 1. The number of halogens is 1. The van der Waals surface area contributed by atoms with Gasteiger partial charge in [-0.1, -0.05) is 27.7 Å². The Morgan fingerprint density at radius 3 is 3.09 bits per heavy atom. The molecule has 0 amide bonds. The van der Waals surface area contributed by atoms with Crippen LogP contribution in [-0.2, 0) is 0 Å². The molecule has 0 aromatic carbocycles. The number of hydrogen-bond donors (Lipinski definition) is 0. The second-order valence-electron chi connectivity index (χ2n) is 2.04. The molecule has 0 bridgehead atoms. The highest BCUT2D eigenvalue weighted by Gasteiger charge is 1.94. The lowest BCUT2D eigenvalue weighted by atomic mass is 10.4. The molecule has 0 spiro atoms. The van der Waals surface area contributed by atoms with Gasteiger partial charge in [0.05, 0.1) is 0 Å². The minimum absolute atomic E-state index is 1.12. The lowest BCUT2D eigenvalue weighted by Crippen LogP contribution is -1.80. The van der Waals surface area contributed by atoms with Gasteiger partial charge in [0.15, 0.2) is 0 Å². The van der Waals surface area contributed by atoms with Gasteiger partial charge in [-0.3, -0.25) is 0 Å². The van der Waals surface area contributed by atoms with Crippen molar-refractivity contribution in [3.63, 3.8) is 0 Å². The molecule has 1 aromatic rings. The van der Waals surface area contributed by atoms with Crippen LogP contribution in [0.25, 0.3) is 0 Å². The zero-order valence-electron chi connectivity index (χ0n) is 6.12. The molecule has 1 heterocycles. The molecule has 0 saturated carbocycles. The van der Waals surface area contributed by atoms with E-state index in [1.165, 1.54) is 22.9 Å². The Morgan fingerprint density at radius 2 is 2.45 bits per heavy atom. The van der Waals surface area contributed by atoms with Crippen LogP contribution in [0.3, 0.4) is 0 Å². The second kappa shape index (κ2) is 6.03. The van der Waals surface area contributed by atoms with Crippen molar-refractivity contribution in [3.05, 3.63) is 11.6 Å². The Kier molecular flexibility index (Phi) is 5.23. The van der Waals surface area contributed by atoms with Crippen LogP contribution in [0.15, 0.2) is 15.9 Å². The number of rotatable bonds is 5. The van der Waals surface area contributed by atoms with Gasteiger partial charge in [0.2, 0.25) is 0 Å². The van der Waals surface area contributed by atoms with Crippen LogP contribution in [0.1, 0.15) is 12.8 Å². The normalized spacial score (nSPS) is 10.3. The van der Waals surface area contributed by atoms with Crippen LogP contribution in [0.4, 0.5) is 0 Å². The molecule has 0 fully saturated rings. The first-order valence-electron chi connectivity index (χ1n) is 3.52. The molecule has 1 aromatic heterocycles. The molecule has 1 nitrogen and oxygen atoms in total. The molecule has 0 N–H and O–H groups in total. The standard InChI is InChI=1S/C7H10BrNS2/c8-3-1-2-5-10-7-9-4-6-11-7/h4,6H,1-3,5H2. The molecule has 0 saturated heterocycles. The quantitative estimate of drug-likeness (QED) is 0.452. The maximum absolute atomic E-state index is 4.18. The Hall–Kier alpha value is 0.460. The SMILES string of the molecule is BrCCCCSc1nccs1. The zero-order valence-corrected chi connectivity index (χ0v) is 9.34. The van der Waals surface area contributed by atoms with Gasteiger partial charge in [0.1, 0.15) is 4.34 Å². The van der Waals surface area contributed by atoms with Gasteiger partial charge in [-0.05, 0) is 12.8 Å². The lowest BCUT2D eigenvalue weighted by Gasteiger charge is -1.94. The molecule has 0 aliphatic carbocycles. The largest absolute Gasteiger partial charge is 0.238 e. The Labute approximate surface area is 83.7 Å². The Balaban J connectivity index is 2.04. The summed E-state index contributed by atoms with van der Waals surface area (Å²) in [7, 11) is 0. The fourth-order valence-corrected chi connectivity index (χ4v) is 2.74. The number of unbranched alkanes of at least 4 members (excludes halogenated alkanes) is 1. The number of nitrogens with zero attached hydrogens (tertiary/aromatic N) is 1. The lowest BCUT2D eigenvalue weighted by molar-refractivity contribution is 0.912. The van der Waals surface area contributed by atoms with E-state index in [0.29, 0.717) is 0 Å². The predicted molar refractivity (Wildman–Crippen MR) is 55.9 cm³/mol. The average molecular weight is 252 g/mol. The number of hydrogen-bond acceptors (Lipinski definition) is 3. The van der Waals surface area contributed by atoms with Crippen molar-refractivity contribution in [1.29, 1.82) is 0 Å². The first kappa shape index (κ1) is 9.55. The van der Waals surface area contributed by atoms with E-state index in [4.69, 9.17) is 0 Å². The topological polar surface area (TPSA) is 12.9 Å². The van der Waals surface area contributed by atoms with Gasteiger partial charge in [-0.25, -0.2) is 4.98 Å². The molecule has 0 aliphatic heterocycles. The van der Waals surface area contributed by atoms with E-state index in [2.05, 4.69) is 20.9 Å². The summed E-state index contributed by atoms with van der Waals surface area (Å²) in [5.74, 6) is 1.19. The van der Waals surface area contributed by atoms with Crippen LogP contribution in [0, 0.1) is 0 Å². The van der Waals surface area contributed by atoms with E-state index in [1.807, 2.05) is 23.3 Å². The molecular weight excluding hydrogens is 242 g/mol. The van der Waals surface area contributed by atoms with Crippen molar-refractivity contribution in [2.24, 2.45) is 0 Å². The van der Waals surface area contributed by atoms with E-state index in [-0.39, 0.29) is 0 Å². The van der Waals surface area contributed by atoms with Gasteiger partial charge in [-0.15, -0.1) is 11.3 Å². The molecule has 0 atom stereocenters. The Morgan fingerprint density at radius 1 is 1.55 bits per heavy atom. The Bertz CT molecular complexity index is 177. The molecular formula is C7H10BrNS2. The van der Waals surface area contributed by atoms with Crippen molar-refractivity contribution in [3.8, 4) is 0 Å².